The zero-order chi connectivity index (χ0) is 18.2. The van der Waals surface area contributed by atoms with Crippen molar-refractivity contribution >= 4 is 29.1 Å². The monoisotopic (exact) mass is 360 g/mol. The standard InChI is InChI=1S/C19H21ClN2O3/c1-14(23)22(17-5-3-4-16(20)12-17)11-10-19(24)21-13-15-6-8-18(25-2)9-7-15/h3-9,12H,10-11,13H2,1-2H3,(H,21,24). The van der Waals surface area contributed by atoms with Crippen molar-refractivity contribution in [2.75, 3.05) is 18.6 Å². The maximum absolute atomic E-state index is 12.1. The smallest absolute Gasteiger partial charge is 0.223 e. The summed E-state index contributed by atoms with van der Waals surface area (Å²) < 4.78 is 5.10. The van der Waals surface area contributed by atoms with Gasteiger partial charge in [-0.2, -0.15) is 0 Å². The third-order valence-electron chi connectivity index (χ3n) is 3.71. The predicted molar refractivity (Wildman–Crippen MR) is 98.9 cm³/mol. The first-order chi connectivity index (χ1) is 12.0. The Hall–Kier alpha value is -2.53. The predicted octanol–water partition coefficient (Wildman–Crippen LogP) is 3.41. The maximum atomic E-state index is 12.1. The van der Waals surface area contributed by atoms with E-state index in [1.165, 1.54) is 6.92 Å². The Labute approximate surface area is 152 Å². The van der Waals surface area contributed by atoms with Crippen LogP contribution in [0.2, 0.25) is 5.02 Å². The summed E-state index contributed by atoms with van der Waals surface area (Å²) in [5.74, 6) is 0.517. The Morgan fingerprint density at radius 1 is 1.16 bits per heavy atom. The van der Waals surface area contributed by atoms with Gasteiger partial charge in [0, 0.05) is 37.1 Å². The highest BCUT2D eigenvalue weighted by molar-refractivity contribution is 6.30. The molecule has 0 radical (unpaired) electrons. The summed E-state index contributed by atoms with van der Waals surface area (Å²) >= 11 is 5.97. The molecule has 0 spiro atoms. The minimum atomic E-state index is -0.134. The number of hydrogen-bond acceptors (Lipinski definition) is 3. The zero-order valence-electron chi connectivity index (χ0n) is 14.3. The molecule has 2 aromatic rings. The van der Waals surface area contributed by atoms with E-state index in [2.05, 4.69) is 5.32 Å². The second kappa shape index (κ2) is 9.08. The van der Waals surface area contributed by atoms with Crippen LogP contribution in [0.1, 0.15) is 18.9 Å². The molecule has 2 amide bonds. The molecule has 6 heteroatoms. The number of nitrogens with one attached hydrogen (secondary N) is 1. The van der Waals surface area contributed by atoms with E-state index in [9.17, 15) is 9.59 Å². The number of benzene rings is 2. The Balaban J connectivity index is 1.87. The van der Waals surface area contributed by atoms with Gasteiger partial charge in [-0.1, -0.05) is 29.8 Å². The first-order valence-corrected chi connectivity index (χ1v) is 8.30. The van der Waals surface area contributed by atoms with E-state index < -0.39 is 0 Å². The Bertz CT molecular complexity index is 732. The molecule has 5 nitrogen and oxygen atoms in total. The lowest BCUT2D eigenvalue weighted by molar-refractivity contribution is -0.121. The van der Waals surface area contributed by atoms with Crippen LogP contribution in [0.15, 0.2) is 48.5 Å². The van der Waals surface area contributed by atoms with Crippen LogP contribution in [0.5, 0.6) is 5.75 Å². The number of carbonyl (C=O) groups is 2. The number of halogens is 1. The first-order valence-electron chi connectivity index (χ1n) is 7.93. The molecule has 0 saturated carbocycles. The Morgan fingerprint density at radius 2 is 1.88 bits per heavy atom. The lowest BCUT2D eigenvalue weighted by Crippen LogP contribution is -2.33. The average Bonchev–Trinajstić information content (AvgIpc) is 2.60. The number of nitrogens with zero attached hydrogens (tertiary/aromatic N) is 1. The fraction of sp³-hybridized carbons (Fsp3) is 0.263. The zero-order valence-corrected chi connectivity index (χ0v) is 15.0. The summed E-state index contributed by atoms with van der Waals surface area (Å²) in [4.78, 5) is 25.5. The molecule has 1 N–H and O–H groups in total. The molecule has 0 unspecified atom stereocenters. The number of carbonyl (C=O) groups excluding carboxylic acids is 2. The molecule has 0 aromatic heterocycles. The number of ether oxygens (including phenoxy) is 1. The summed E-state index contributed by atoms with van der Waals surface area (Å²) in [6.07, 6.45) is 0.211. The van der Waals surface area contributed by atoms with Gasteiger partial charge in [-0.3, -0.25) is 9.59 Å². The first kappa shape index (κ1) is 18.8. The van der Waals surface area contributed by atoms with Crippen LogP contribution in [-0.2, 0) is 16.1 Å². The van der Waals surface area contributed by atoms with Crippen molar-refractivity contribution in [1.29, 1.82) is 0 Å². The van der Waals surface area contributed by atoms with Crippen LogP contribution in [0.3, 0.4) is 0 Å². The van der Waals surface area contributed by atoms with Crippen LogP contribution in [0.4, 0.5) is 5.69 Å². The van der Waals surface area contributed by atoms with E-state index in [0.29, 0.717) is 23.8 Å². The molecule has 0 heterocycles. The SMILES string of the molecule is COc1ccc(CNC(=O)CCN(C(C)=O)c2cccc(Cl)c2)cc1. The van der Waals surface area contributed by atoms with Gasteiger partial charge in [-0.15, -0.1) is 0 Å². The van der Waals surface area contributed by atoms with E-state index in [4.69, 9.17) is 16.3 Å². The van der Waals surface area contributed by atoms with Crippen molar-refractivity contribution in [2.24, 2.45) is 0 Å². The molecular formula is C19H21ClN2O3. The van der Waals surface area contributed by atoms with Crippen molar-refractivity contribution in [1.82, 2.24) is 5.32 Å². The summed E-state index contributed by atoms with van der Waals surface area (Å²) in [5, 5.41) is 3.40. The lowest BCUT2D eigenvalue weighted by Gasteiger charge is -2.21. The van der Waals surface area contributed by atoms with E-state index >= 15 is 0 Å². The maximum Gasteiger partial charge on any atom is 0.223 e. The van der Waals surface area contributed by atoms with Gasteiger partial charge in [0.25, 0.3) is 0 Å². The second-order valence-electron chi connectivity index (χ2n) is 5.53. The van der Waals surface area contributed by atoms with Gasteiger partial charge in [0.05, 0.1) is 7.11 Å². The molecule has 132 valence electrons. The number of anilines is 1. The third kappa shape index (κ3) is 5.80. The minimum absolute atomic E-state index is 0.121. The summed E-state index contributed by atoms with van der Waals surface area (Å²) in [5.41, 5.74) is 1.66. The molecule has 0 fully saturated rings. The quantitative estimate of drug-likeness (QED) is 0.823. The number of methoxy groups -OCH3 is 1. The van der Waals surface area contributed by atoms with Crippen LogP contribution in [0.25, 0.3) is 0 Å². The second-order valence-corrected chi connectivity index (χ2v) is 5.96. The average molecular weight is 361 g/mol. The highest BCUT2D eigenvalue weighted by Crippen LogP contribution is 2.20. The van der Waals surface area contributed by atoms with E-state index in [1.54, 1.807) is 36.3 Å². The van der Waals surface area contributed by atoms with Gasteiger partial charge in [0.15, 0.2) is 0 Å². The van der Waals surface area contributed by atoms with E-state index in [1.807, 2.05) is 24.3 Å². The van der Waals surface area contributed by atoms with E-state index in [-0.39, 0.29) is 18.2 Å². The highest BCUT2D eigenvalue weighted by Gasteiger charge is 2.13. The van der Waals surface area contributed by atoms with Crippen LogP contribution < -0.4 is 15.0 Å². The number of amides is 2. The van der Waals surface area contributed by atoms with Crippen LogP contribution in [-0.4, -0.2) is 25.5 Å². The summed E-state index contributed by atoms with van der Waals surface area (Å²) in [6.45, 7) is 2.19. The molecule has 0 aliphatic heterocycles. The molecule has 0 aliphatic rings. The van der Waals surface area contributed by atoms with Gasteiger partial charge in [-0.05, 0) is 35.9 Å². The number of rotatable bonds is 7. The van der Waals surface area contributed by atoms with Gasteiger partial charge in [0.2, 0.25) is 11.8 Å². The molecule has 2 aromatic carbocycles. The summed E-state index contributed by atoms with van der Waals surface area (Å²) in [7, 11) is 1.61. The fourth-order valence-electron chi connectivity index (χ4n) is 2.36. The summed E-state index contributed by atoms with van der Waals surface area (Å²) in [6, 6.07) is 14.5. The minimum Gasteiger partial charge on any atom is -0.497 e. The molecular weight excluding hydrogens is 340 g/mol. The largest absolute Gasteiger partial charge is 0.497 e. The van der Waals surface area contributed by atoms with Gasteiger partial charge < -0.3 is 15.0 Å². The fourth-order valence-corrected chi connectivity index (χ4v) is 2.54. The van der Waals surface area contributed by atoms with Crippen LogP contribution >= 0.6 is 11.6 Å². The third-order valence-corrected chi connectivity index (χ3v) is 3.95. The molecule has 0 atom stereocenters. The molecule has 2 rings (SSSR count). The van der Waals surface area contributed by atoms with Crippen molar-refractivity contribution in [2.45, 2.75) is 19.9 Å². The van der Waals surface area contributed by atoms with Crippen molar-refractivity contribution < 1.29 is 14.3 Å². The van der Waals surface area contributed by atoms with Crippen LogP contribution in [0, 0.1) is 0 Å². The Morgan fingerprint density at radius 3 is 2.48 bits per heavy atom. The number of hydrogen-bond donors (Lipinski definition) is 1. The van der Waals surface area contributed by atoms with Gasteiger partial charge in [-0.25, -0.2) is 0 Å². The Kier molecular flexibility index (Phi) is 6.83. The normalized spacial score (nSPS) is 10.2. The van der Waals surface area contributed by atoms with Gasteiger partial charge in [0.1, 0.15) is 5.75 Å². The molecule has 25 heavy (non-hydrogen) atoms. The van der Waals surface area contributed by atoms with Crippen molar-refractivity contribution in [3.63, 3.8) is 0 Å². The highest BCUT2D eigenvalue weighted by atomic mass is 35.5. The van der Waals surface area contributed by atoms with E-state index in [0.717, 1.165) is 11.3 Å². The molecule has 0 saturated heterocycles. The lowest BCUT2D eigenvalue weighted by atomic mass is 10.2. The van der Waals surface area contributed by atoms with Gasteiger partial charge >= 0.3 is 0 Å². The van der Waals surface area contributed by atoms with Crippen molar-refractivity contribution in [3.8, 4) is 5.75 Å². The topological polar surface area (TPSA) is 58.6 Å². The van der Waals surface area contributed by atoms with Crippen molar-refractivity contribution in [3.05, 3.63) is 59.1 Å². The molecule has 0 bridgehead atoms. The molecule has 0 aliphatic carbocycles.